The number of carbonyl (C=O) groups is 1. The fourth-order valence-electron chi connectivity index (χ4n) is 5.03. The predicted octanol–water partition coefficient (Wildman–Crippen LogP) is 7.62. The average molecular weight is 535 g/mol. The van der Waals surface area contributed by atoms with E-state index in [4.69, 9.17) is 44.6 Å². The number of esters is 1. The summed E-state index contributed by atoms with van der Waals surface area (Å²) in [5, 5.41) is 6.25. The van der Waals surface area contributed by atoms with Gasteiger partial charge in [-0.1, -0.05) is 46.9 Å². The summed E-state index contributed by atoms with van der Waals surface area (Å²) in [4.78, 5) is 15.8. The Kier molecular flexibility index (Phi) is 7.02. The third kappa shape index (κ3) is 5.10. The summed E-state index contributed by atoms with van der Waals surface area (Å²) in [6.07, 6.45) is 1.27. The maximum absolute atomic E-state index is 13.5. The maximum Gasteiger partial charge on any atom is 0.359 e. The molecule has 1 aliphatic rings. The van der Waals surface area contributed by atoms with Crippen LogP contribution in [0.15, 0.2) is 42.5 Å². The number of rotatable bonds is 4. The minimum absolute atomic E-state index is 0.105. The van der Waals surface area contributed by atoms with Gasteiger partial charge in [0, 0.05) is 45.1 Å². The first-order valence-corrected chi connectivity index (χ1v) is 12.7. The summed E-state index contributed by atoms with van der Waals surface area (Å²) in [6.45, 7) is 10.6. The first-order valence-electron chi connectivity index (χ1n) is 11.6. The van der Waals surface area contributed by atoms with Crippen molar-refractivity contribution in [2.75, 3.05) is 7.05 Å². The second-order valence-corrected chi connectivity index (χ2v) is 11.7. The quantitative estimate of drug-likeness (QED) is 0.323. The summed E-state index contributed by atoms with van der Waals surface area (Å²) in [6, 6.07) is 12.6. The molecular formula is C27H30Cl3N3O2. The molecule has 0 saturated carbocycles. The normalized spacial score (nSPS) is 18.0. The van der Waals surface area contributed by atoms with E-state index in [-0.39, 0.29) is 22.9 Å². The number of ether oxygens (including phenoxy) is 1. The fourth-order valence-corrected chi connectivity index (χ4v) is 5.65. The maximum atomic E-state index is 13.5. The van der Waals surface area contributed by atoms with Crippen molar-refractivity contribution >= 4 is 40.8 Å². The highest BCUT2D eigenvalue weighted by Gasteiger charge is 2.44. The SMILES string of the molecule is Cc1c(C(=O)OC2CC(C)(C)N(C)C(C)(C)C2)nn(-c2ccc(Cl)cc2Cl)c1-c1ccc(Cl)cc1. The molecule has 0 unspecified atom stereocenters. The Labute approximate surface area is 221 Å². The summed E-state index contributed by atoms with van der Waals surface area (Å²) in [5.74, 6) is -0.442. The zero-order valence-corrected chi connectivity index (χ0v) is 23.1. The van der Waals surface area contributed by atoms with Crippen molar-refractivity contribution in [1.29, 1.82) is 0 Å². The van der Waals surface area contributed by atoms with Gasteiger partial charge >= 0.3 is 5.97 Å². The molecule has 2 heterocycles. The van der Waals surface area contributed by atoms with Crippen LogP contribution in [0.3, 0.4) is 0 Å². The van der Waals surface area contributed by atoms with Crippen molar-refractivity contribution in [2.24, 2.45) is 0 Å². The number of hydrogen-bond donors (Lipinski definition) is 0. The van der Waals surface area contributed by atoms with E-state index in [0.717, 1.165) is 24.1 Å². The number of halogens is 3. The molecule has 0 atom stereocenters. The molecule has 1 saturated heterocycles. The summed E-state index contributed by atoms with van der Waals surface area (Å²) in [7, 11) is 2.12. The molecule has 4 rings (SSSR count). The number of benzene rings is 2. The molecule has 0 aliphatic carbocycles. The minimum Gasteiger partial charge on any atom is -0.457 e. The first-order chi connectivity index (χ1) is 16.3. The van der Waals surface area contributed by atoms with Crippen molar-refractivity contribution < 1.29 is 9.53 Å². The van der Waals surface area contributed by atoms with Crippen LogP contribution in [0.4, 0.5) is 0 Å². The molecule has 0 bridgehead atoms. The second kappa shape index (κ2) is 9.44. The van der Waals surface area contributed by atoms with Gasteiger partial charge in [-0.05, 0) is 72.0 Å². The Morgan fingerprint density at radius 1 is 0.971 bits per heavy atom. The van der Waals surface area contributed by atoms with Crippen LogP contribution in [0.25, 0.3) is 16.9 Å². The number of hydrogen-bond acceptors (Lipinski definition) is 4. The summed E-state index contributed by atoms with van der Waals surface area (Å²) < 4.78 is 7.75. The molecule has 1 aliphatic heterocycles. The molecule has 0 spiro atoms. The molecular weight excluding hydrogens is 505 g/mol. The van der Waals surface area contributed by atoms with Gasteiger partial charge < -0.3 is 4.74 Å². The van der Waals surface area contributed by atoms with Crippen LogP contribution in [-0.4, -0.2) is 44.9 Å². The van der Waals surface area contributed by atoms with Gasteiger partial charge in [0.25, 0.3) is 0 Å². The van der Waals surface area contributed by atoms with E-state index < -0.39 is 5.97 Å². The molecule has 0 radical (unpaired) electrons. The highest BCUT2D eigenvalue weighted by molar-refractivity contribution is 6.35. The van der Waals surface area contributed by atoms with Crippen LogP contribution >= 0.6 is 34.8 Å². The zero-order valence-electron chi connectivity index (χ0n) is 20.8. The van der Waals surface area contributed by atoms with Crippen molar-refractivity contribution in [3.63, 3.8) is 0 Å². The van der Waals surface area contributed by atoms with Gasteiger partial charge in [0.2, 0.25) is 0 Å². The second-order valence-electron chi connectivity index (χ2n) is 10.5. The Hall–Kier alpha value is -2.05. The summed E-state index contributed by atoms with van der Waals surface area (Å²) >= 11 is 18.8. The number of aromatic nitrogens is 2. The molecule has 8 heteroatoms. The number of piperidine rings is 1. The monoisotopic (exact) mass is 533 g/mol. The Bertz CT molecular complexity index is 1250. The van der Waals surface area contributed by atoms with E-state index >= 15 is 0 Å². The predicted molar refractivity (Wildman–Crippen MR) is 143 cm³/mol. The van der Waals surface area contributed by atoms with Crippen molar-refractivity contribution in [3.05, 3.63) is 68.8 Å². The number of likely N-dealkylation sites (tertiary alicyclic amines) is 1. The van der Waals surface area contributed by atoms with Gasteiger partial charge in [0.1, 0.15) is 6.10 Å². The largest absolute Gasteiger partial charge is 0.457 e. The van der Waals surface area contributed by atoms with Crippen LogP contribution in [0, 0.1) is 6.92 Å². The van der Waals surface area contributed by atoms with Crippen molar-refractivity contribution in [2.45, 2.75) is 64.6 Å². The van der Waals surface area contributed by atoms with Gasteiger partial charge in [-0.2, -0.15) is 5.10 Å². The van der Waals surface area contributed by atoms with Gasteiger partial charge in [-0.15, -0.1) is 0 Å². The van der Waals surface area contributed by atoms with E-state index in [1.54, 1.807) is 35.0 Å². The molecule has 0 amide bonds. The van der Waals surface area contributed by atoms with Crippen LogP contribution in [0.5, 0.6) is 0 Å². The lowest BCUT2D eigenvalue weighted by atomic mass is 9.79. The van der Waals surface area contributed by atoms with Gasteiger partial charge in [0.05, 0.1) is 16.4 Å². The van der Waals surface area contributed by atoms with E-state index in [1.807, 2.05) is 19.1 Å². The van der Waals surface area contributed by atoms with Crippen LogP contribution < -0.4 is 0 Å². The lowest BCUT2D eigenvalue weighted by Gasteiger charge is -2.53. The van der Waals surface area contributed by atoms with E-state index in [0.29, 0.717) is 26.3 Å². The smallest absolute Gasteiger partial charge is 0.359 e. The number of carbonyl (C=O) groups excluding carboxylic acids is 1. The Balaban J connectivity index is 1.76. The fraction of sp³-hybridized carbons (Fsp3) is 0.407. The lowest BCUT2D eigenvalue weighted by molar-refractivity contribution is -0.0734. The minimum atomic E-state index is -0.442. The van der Waals surface area contributed by atoms with Gasteiger partial charge in [-0.25, -0.2) is 9.48 Å². The Morgan fingerprint density at radius 2 is 1.54 bits per heavy atom. The Morgan fingerprint density at radius 3 is 2.11 bits per heavy atom. The van der Waals surface area contributed by atoms with E-state index in [1.165, 1.54) is 0 Å². The van der Waals surface area contributed by atoms with E-state index in [2.05, 4.69) is 39.6 Å². The van der Waals surface area contributed by atoms with Crippen molar-refractivity contribution in [1.82, 2.24) is 14.7 Å². The van der Waals surface area contributed by atoms with Crippen LogP contribution in [-0.2, 0) is 4.74 Å². The highest BCUT2D eigenvalue weighted by Crippen LogP contribution is 2.39. The van der Waals surface area contributed by atoms with Gasteiger partial charge in [0.15, 0.2) is 5.69 Å². The third-order valence-corrected chi connectivity index (χ3v) is 7.91. The molecule has 3 aromatic rings. The van der Waals surface area contributed by atoms with Crippen molar-refractivity contribution in [3.8, 4) is 16.9 Å². The standard InChI is InChI=1S/C27H30Cl3N3O2/c1-16-23(25(34)35-20-14-26(2,3)32(6)27(4,5)15-20)31-33(22-12-11-19(29)13-21(22)30)24(16)17-7-9-18(28)10-8-17/h7-13,20H,14-15H2,1-6H3. The molecule has 5 nitrogen and oxygen atoms in total. The average Bonchev–Trinajstić information content (AvgIpc) is 3.09. The molecule has 35 heavy (non-hydrogen) atoms. The molecule has 186 valence electrons. The molecule has 0 N–H and O–H groups in total. The third-order valence-electron chi connectivity index (χ3n) is 7.12. The molecule has 2 aromatic carbocycles. The first kappa shape index (κ1) is 26.0. The zero-order chi connectivity index (χ0) is 25.7. The van der Waals surface area contributed by atoms with Crippen LogP contribution in [0.2, 0.25) is 15.1 Å². The van der Waals surface area contributed by atoms with Gasteiger partial charge in [-0.3, -0.25) is 4.90 Å². The molecule has 1 aromatic heterocycles. The van der Waals surface area contributed by atoms with Crippen LogP contribution in [0.1, 0.15) is 56.6 Å². The van der Waals surface area contributed by atoms with E-state index in [9.17, 15) is 4.79 Å². The highest BCUT2D eigenvalue weighted by atomic mass is 35.5. The summed E-state index contributed by atoms with van der Waals surface area (Å²) in [5.41, 5.74) is 2.96. The topological polar surface area (TPSA) is 47.4 Å². The lowest BCUT2D eigenvalue weighted by Crippen LogP contribution is -2.60. The number of nitrogens with zero attached hydrogens (tertiary/aromatic N) is 3. The molecule has 1 fully saturated rings.